The van der Waals surface area contributed by atoms with Crippen LogP contribution in [0.2, 0.25) is 0 Å². The van der Waals surface area contributed by atoms with Gasteiger partial charge in [-0.2, -0.15) is 0 Å². The molecule has 20 heavy (non-hydrogen) atoms. The molecule has 1 unspecified atom stereocenters. The van der Waals surface area contributed by atoms with Gasteiger partial charge in [-0.15, -0.1) is 12.4 Å². The summed E-state index contributed by atoms with van der Waals surface area (Å²) in [7, 11) is 0. The van der Waals surface area contributed by atoms with Gasteiger partial charge in [-0.05, 0) is 43.9 Å². The number of fused-ring (bicyclic) bond motifs is 1. The highest BCUT2D eigenvalue weighted by Crippen LogP contribution is 2.32. The van der Waals surface area contributed by atoms with Crippen LogP contribution in [0.25, 0.3) is 0 Å². The molecule has 0 bridgehead atoms. The Hall–Kier alpha value is -1.42. The first-order valence-electron chi connectivity index (χ1n) is 7.07. The lowest BCUT2D eigenvalue weighted by Gasteiger charge is -2.36. The van der Waals surface area contributed by atoms with E-state index in [0.717, 1.165) is 43.7 Å². The summed E-state index contributed by atoms with van der Waals surface area (Å²) in [5, 5.41) is 2.96. The second-order valence-electron chi connectivity index (χ2n) is 5.11. The molecule has 0 aliphatic carbocycles. The molecule has 0 saturated carbocycles. The van der Waals surface area contributed by atoms with Crippen molar-refractivity contribution in [3.05, 3.63) is 23.8 Å². The molecule has 4 nitrogen and oxygen atoms in total. The van der Waals surface area contributed by atoms with Crippen LogP contribution < -0.4 is 16.0 Å². The van der Waals surface area contributed by atoms with Crippen molar-refractivity contribution in [2.24, 2.45) is 0 Å². The highest BCUT2D eigenvalue weighted by molar-refractivity contribution is 5.86. The van der Waals surface area contributed by atoms with E-state index in [0.29, 0.717) is 0 Å². The Morgan fingerprint density at radius 2 is 2.25 bits per heavy atom. The zero-order valence-corrected chi connectivity index (χ0v) is 13.0. The summed E-state index contributed by atoms with van der Waals surface area (Å²) in [5.41, 5.74) is 9.17. The van der Waals surface area contributed by atoms with Crippen molar-refractivity contribution in [2.75, 3.05) is 23.7 Å². The zero-order valence-electron chi connectivity index (χ0n) is 12.2. The lowest BCUT2D eigenvalue weighted by Crippen LogP contribution is -2.47. The van der Waals surface area contributed by atoms with Gasteiger partial charge in [0.1, 0.15) is 6.04 Å². The van der Waals surface area contributed by atoms with Crippen molar-refractivity contribution >= 4 is 29.7 Å². The third-order valence-electron chi connectivity index (χ3n) is 3.72. The first-order valence-corrected chi connectivity index (χ1v) is 7.07. The van der Waals surface area contributed by atoms with Crippen LogP contribution in [0.15, 0.2) is 18.2 Å². The van der Waals surface area contributed by atoms with E-state index >= 15 is 0 Å². The Balaban J connectivity index is 0.00000200. The fourth-order valence-electron chi connectivity index (χ4n) is 2.62. The number of nitrogens with two attached hydrogens (primary N) is 1. The van der Waals surface area contributed by atoms with Crippen molar-refractivity contribution in [2.45, 2.75) is 39.2 Å². The van der Waals surface area contributed by atoms with Crippen LogP contribution in [-0.2, 0) is 11.2 Å². The monoisotopic (exact) mass is 297 g/mol. The molecule has 112 valence electrons. The molecular formula is C15H24ClN3O. The zero-order chi connectivity index (χ0) is 13.8. The molecule has 1 aromatic rings. The highest BCUT2D eigenvalue weighted by Gasteiger charge is 2.26. The van der Waals surface area contributed by atoms with Gasteiger partial charge in [-0.1, -0.05) is 13.0 Å². The van der Waals surface area contributed by atoms with Crippen LogP contribution in [0, 0.1) is 0 Å². The number of nitrogen functional groups attached to an aromatic ring is 1. The van der Waals surface area contributed by atoms with Gasteiger partial charge in [0.2, 0.25) is 5.91 Å². The van der Waals surface area contributed by atoms with Crippen molar-refractivity contribution in [1.82, 2.24) is 5.32 Å². The van der Waals surface area contributed by atoms with Gasteiger partial charge in [0, 0.05) is 24.5 Å². The largest absolute Gasteiger partial charge is 0.398 e. The molecule has 1 heterocycles. The summed E-state index contributed by atoms with van der Waals surface area (Å²) in [6, 6.07) is 5.81. The second kappa shape index (κ2) is 7.39. The number of amides is 1. The van der Waals surface area contributed by atoms with Crippen LogP contribution in [-0.4, -0.2) is 25.0 Å². The molecule has 1 atom stereocenters. The van der Waals surface area contributed by atoms with Crippen LogP contribution in [0.1, 0.15) is 32.3 Å². The van der Waals surface area contributed by atoms with Gasteiger partial charge in [0.05, 0.1) is 0 Å². The molecule has 0 aromatic heterocycles. The van der Waals surface area contributed by atoms with E-state index in [1.807, 2.05) is 19.1 Å². The number of carbonyl (C=O) groups excluding carboxylic acids is 1. The molecule has 0 saturated heterocycles. The predicted molar refractivity (Wildman–Crippen MR) is 86.5 cm³/mol. The minimum Gasteiger partial charge on any atom is -0.398 e. The molecule has 3 N–H and O–H groups in total. The summed E-state index contributed by atoms with van der Waals surface area (Å²) < 4.78 is 0. The van der Waals surface area contributed by atoms with E-state index < -0.39 is 0 Å². The SMILES string of the molecule is CCCNC(=O)C(C)N1CCCc2c(N)cccc21.Cl. The molecule has 0 radical (unpaired) electrons. The summed E-state index contributed by atoms with van der Waals surface area (Å²) in [5.74, 6) is 0.0946. The maximum Gasteiger partial charge on any atom is 0.242 e. The number of anilines is 2. The maximum atomic E-state index is 12.1. The molecule has 1 amide bonds. The summed E-state index contributed by atoms with van der Waals surface area (Å²) in [6.07, 6.45) is 3.01. The van der Waals surface area contributed by atoms with Gasteiger partial charge in [0.25, 0.3) is 0 Å². The van der Waals surface area contributed by atoms with Crippen molar-refractivity contribution < 1.29 is 4.79 Å². The van der Waals surface area contributed by atoms with Crippen molar-refractivity contribution in [3.63, 3.8) is 0 Å². The Bertz CT molecular complexity index is 464. The molecular weight excluding hydrogens is 274 g/mol. The number of nitrogens with one attached hydrogen (secondary N) is 1. The van der Waals surface area contributed by atoms with E-state index in [1.165, 1.54) is 5.56 Å². The smallest absolute Gasteiger partial charge is 0.242 e. The number of carbonyl (C=O) groups is 1. The number of halogens is 1. The fraction of sp³-hybridized carbons (Fsp3) is 0.533. The van der Waals surface area contributed by atoms with Crippen LogP contribution in [0.5, 0.6) is 0 Å². The first-order chi connectivity index (χ1) is 9.15. The van der Waals surface area contributed by atoms with Gasteiger partial charge < -0.3 is 16.0 Å². The second-order valence-corrected chi connectivity index (χ2v) is 5.11. The number of benzene rings is 1. The Kier molecular flexibility index (Phi) is 6.14. The minimum atomic E-state index is -0.146. The molecule has 0 spiro atoms. The van der Waals surface area contributed by atoms with E-state index in [2.05, 4.69) is 23.2 Å². The molecule has 0 fully saturated rings. The molecule has 2 rings (SSSR count). The predicted octanol–water partition coefficient (Wildman–Crippen LogP) is 2.36. The number of hydrogen-bond acceptors (Lipinski definition) is 3. The Morgan fingerprint density at radius 1 is 1.50 bits per heavy atom. The summed E-state index contributed by atoms with van der Waals surface area (Å²) in [6.45, 7) is 5.67. The molecule has 5 heteroatoms. The van der Waals surface area contributed by atoms with Crippen molar-refractivity contribution in [3.8, 4) is 0 Å². The highest BCUT2D eigenvalue weighted by atomic mass is 35.5. The summed E-state index contributed by atoms with van der Waals surface area (Å²) in [4.78, 5) is 14.3. The number of nitrogens with zero attached hydrogens (tertiary/aromatic N) is 1. The van der Waals surface area contributed by atoms with Crippen LogP contribution in [0.4, 0.5) is 11.4 Å². The first kappa shape index (κ1) is 16.6. The fourth-order valence-corrected chi connectivity index (χ4v) is 2.62. The third kappa shape index (κ3) is 3.37. The van der Waals surface area contributed by atoms with Gasteiger partial charge in [-0.3, -0.25) is 4.79 Å². The quantitative estimate of drug-likeness (QED) is 0.839. The van der Waals surface area contributed by atoms with E-state index in [9.17, 15) is 4.79 Å². The van der Waals surface area contributed by atoms with Gasteiger partial charge in [-0.25, -0.2) is 0 Å². The van der Waals surface area contributed by atoms with Crippen LogP contribution >= 0.6 is 12.4 Å². The minimum absolute atomic E-state index is 0. The normalized spacial score (nSPS) is 15.0. The molecule has 1 aliphatic rings. The topological polar surface area (TPSA) is 58.4 Å². The van der Waals surface area contributed by atoms with E-state index in [-0.39, 0.29) is 24.4 Å². The molecule has 1 aliphatic heterocycles. The van der Waals surface area contributed by atoms with Gasteiger partial charge in [0.15, 0.2) is 0 Å². The third-order valence-corrected chi connectivity index (χ3v) is 3.72. The number of rotatable bonds is 4. The van der Waals surface area contributed by atoms with Crippen LogP contribution in [0.3, 0.4) is 0 Å². The van der Waals surface area contributed by atoms with E-state index in [4.69, 9.17) is 5.73 Å². The lowest BCUT2D eigenvalue weighted by molar-refractivity contribution is -0.122. The average Bonchev–Trinajstić information content (AvgIpc) is 2.44. The van der Waals surface area contributed by atoms with Gasteiger partial charge >= 0.3 is 0 Å². The Labute approximate surface area is 127 Å². The lowest BCUT2D eigenvalue weighted by atomic mass is 9.98. The average molecular weight is 298 g/mol. The van der Waals surface area contributed by atoms with E-state index in [1.54, 1.807) is 0 Å². The summed E-state index contributed by atoms with van der Waals surface area (Å²) >= 11 is 0. The van der Waals surface area contributed by atoms with Crippen molar-refractivity contribution in [1.29, 1.82) is 0 Å². The Morgan fingerprint density at radius 3 is 2.95 bits per heavy atom. The standard InChI is InChI=1S/C15H23N3O.ClH/c1-3-9-17-15(19)11(2)18-10-5-6-12-13(16)7-4-8-14(12)18;/h4,7-8,11H,3,5-6,9-10,16H2,1-2H3,(H,17,19);1H. The number of hydrogen-bond donors (Lipinski definition) is 2. The molecule has 1 aromatic carbocycles. The maximum absolute atomic E-state index is 12.1.